The third-order valence-corrected chi connectivity index (χ3v) is 6.37. The molecule has 3 aliphatic rings. The Kier molecular flexibility index (Phi) is 6.19. The molecular formula is C21H30O4. The number of aliphatic hydroxyl groups is 2. The van der Waals surface area contributed by atoms with E-state index < -0.39 is 18.2 Å². The maximum atomic E-state index is 10.6. The van der Waals surface area contributed by atoms with E-state index in [0.717, 1.165) is 32.1 Å². The Morgan fingerprint density at radius 3 is 2.68 bits per heavy atom. The zero-order valence-corrected chi connectivity index (χ0v) is 14.9. The lowest BCUT2D eigenvalue weighted by molar-refractivity contribution is -0.136. The minimum atomic E-state index is -0.757. The lowest BCUT2D eigenvalue weighted by Gasteiger charge is -2.48. The highest BCUT2D eigenvalue weighted by atomic mass is 16.4. The second-order valence-corrected chi connectivity index (χ2v) is 7.99. The molecule has 0 aromatic rings. The monoisotopic (exact) mass is 346 g/mol. The van der Waals surface area contributed by atoms with E-state index in [2.05, 4.69) is 17.9 Å². The molecule has 5 atom stereocenters. The number of carboxylic acids is 1. The first-order valence-corrected chi connectivity index (χ1v) is 9.84. The molecule has 0 unspecified atom stereocenters. The van der Waals surface area contributed by atoms with E-state index in [4.69, 9.17) is 5.11 Å². The number of allylic oxidation sites excluding steroid dienone is 2. The van der Waals surface area contributed by atoms with Gasteiger partial charge in [0.1, 0.15) is 6.10 Å². The van der Waals surface area contributed by atoms with Crippen molar-refractivity contribution in [3.63, 3.8) is 0 Å². The van der Waals surface area contributed by atoms with E-state index in [9.17, 15) is 15.0 Å². The van der Waals surface area contributed by atoms with Crippen LogP contribution < -0.4 is 0 Å². The zero-order valence-electron chi connectivity index (χ0n) is 14.9. The molecule has 0 aliphatic heterocycles. The number of hydrogen-bond acceptors (Lipinski definition) is 3. The largest absolute Gasteiger partial charge is 0.481 e. The number of aliphatic hydroxyl groups excluding tert-OH is 2. The van der Waals surface area contributed by atoms with Crippen LogP contribution in [0.3, 0.4) is 0 Å². The van der Waals surface area contributed by atoms with Gasteiger partial charge in [0.2, 0.25) is 0 Å². The van der Waals surface area contributed by atoms with Crippen LogP contribution >= 0.6 is 0 Å². The Balaban J connectivity index is 1.58. The van der Waals surface area contributed by atoms with Crippen LogP contribution in [0.5, 0.6) is 0 Å². The Morgan fingerprint density at radius 1 is 1.20 bits per heavy atom. The van der Waals surface area contributed by atoms with Gasteiger partial charge in [-0.1, -0.05) is 42.8 Å². The van der Waals surface area contributed by atoms with Crippen LogP contribution in [0.1, 0.15) is 64.2 Å². The number of fused-ring (bicyclic) bond motifs is 1. The van der Waals surface area contributed by atoms with Gasteiger partial charge in [0.15, 0.2) is 0 Å². The number of rotatable bonds is 4. The molecule has 0 aromatic heterocycles. The Morgan fingerprint density at radius 2 is 1.96 bits per heavy atom. The number of carboxylic acid groups (broad SMARTS) is 1. The van der Waals surface area contributed by atoms with Crippen molar-refractivity contribution in [3.8, 4) is 11.8 Å². The summed E-state index contributed by atoms with van der Waals surface area (Å²) in [5, 5.41) is 29.5. The maximum Gasteiger partial charge on any atom is 0.303 e. The van der Waals surface area contributed by atoms with E-state index in [1.807, 2.05) is 0 Å². The zero-order chi connectivity index (χ0) is 17.8. The van der Waals surface area contributed by atoms with Crippen LogP contribution in [0.4, 0.5) is 0 Å². The van der Waals surface area contributed by atoms with Crippen molar-refractivity contribution < 1.29 is 20.1 Å². The molecule has 0 saturated heterocycles. The third kappa shape index (κ3) is 4.46. The quantitative estimate of drug-likeness (QED) is 0.540. The summed E-state index contributed by atoms with van der Waals surface area (Å²) in [6, 6.07) is 0. The standard InChI is InChI=1S/C21H30O4/c22-19(14-5-2-1-3-6-14)11-10-17-18-13-15(7-4-8-21(24)25)16(18)9-12-20(17)23/h7,14,16-20,22-23H,1-6,8-9,12-13H2,(H,24,25)/b15-7-/t16-,17-,18+,19+,20-/m0/s1. The summed E-state index contributed by atoms with van der Waals surface area (Å²) < 4.78 is 0. The fourth-order valence-electron chi connectivity index (χ4n) is 4.84. The SMILES string of the molecule is O=C(O)CC/C=C1/C[C@H]2[C@H](C#C[C@@H](O)C3CCCCC3)[C@@H](O)CC[C@@H]12. The molecule has 4 heteroatoms. The van der Waals surface area contributed by atoms with Gasteiger partial charge in [0, 0.05) is 6.42 Å². The fourth-order valence-corrected chi connectivity index (χ4v) is 4.84. The second kappa shape index (κ2) is 8.38. The van der Waals surface area contributed by atoms with Gasteiger partial charge in [-0.25, -0.2) is 0 Å². The van der Waals surface area contributed by atoms with Gasteiger partial charge in [-0.05, 0) is 56.3 Å². The summed E-state index contributed by atoms with van der Waals surface area (Å²) in [6.45, 7) is 0. The first-order valence-electron chi connectivity index (χ1n) is 9.84. The topological polar surface area (TPSA) is 77.8 Å². The van der Waals surface area contributed by atoms with Crippen molar-refractivity contribution in [2.24, 2.45) is 23.7 Å². The normalized spacial score (nSPS) is 35.2. The smallest absolute Gasteiger partial charge is 0.303 e. The van der Waals surface area contributed by atoms with Crippen LogP contribution in [-0.2, 0) is 4.79 Å². The van der Waals surface area contributed by atoms with Crippen LogP contribution in [0, 0.1) is 35.5 Å². The molecule has 3 aliphatic carbocycles. The molecule has 3 saturated carbocycles. The molecule has 138 valence electrons. The van der Waals surface area contributed by atoms with E-state index in [1.165, 1.54) is 24.8 Å². The number of hydrogen-bond donors (Lipinski definition) is 3. The van der Waals surface area contributed by atoms with Gasteiger partial charge in [0.05, 0.1) is 12.0 Å². The summed E-state index contributed by atoms with van der Waals surface area (Å²) in [4.78, 5) is 10.6. The molecule has 3 fully saturated rings. The van der Waals surface area contributed by atoms with Crippen LogP contribution in [-0.4, -0.2) is 33.5 Å². The Bertz CT molecular complexity index is 564. The molecule has 0 aromatic carbocycles. The minimum Gasteiger partial charge on any atom is -0.481 e. The molecule has 3 rings (SSSR count). The molecule has 25 heavy (non-hydrogen) atoms. The summed E-state index contributed by atoms with van der Waals surface area (Å²) in [6.07, 6.45) is 10.3. The summed E-state index contributed by atoms with van der Waals surface area (Å²) in [7, 11) is 0. The average Bonchev–Trinajstić information content (AvgIpc) is 2.59. The molecule has 0 heterocycles. The van der Waals surface area contributed by atoms with Gasteiger partial charge < -0.3 is 15.3 Å². The number of carbonyl (C=O) groups is 1. The number of aliphatic carboxylic acids is 1. The van der Waals surface area contributed by atoms with Crippen molar-refractivity contribution in [2.75, 3.05) is 0 Å². The molecule has 0 radical (unpaired) electrons. The van der Waals surface area contributed by atoms with E-state index in [-0.39, 0.29) is 12.3 Å². The summed E-state index contributed by atoms with van der Waals surface area (Å²) >= 11 is 0. The van der Waals surface area contributed by atoms with Crippen molar-refractivity contribution in [1.82, 2.24) is 0 Å². The predicted molar refractivity (Wildman–Crippen MR) is 95.6 cm³/mol. The lowest BCUT2D eigenvalue weighted by Crippen LogP contribution is -2.44. The predicted octanol–water partition coefficient (Wildman–Crippen LogP) is 3.13. The molecule has 3 N–H and O–H groups in total. The van der Waals surface area contributed by atoms with Crippen LogP contribution in [0.25, 0.3) is 0 Å². The van der Waals surface area contributed by atoms with Gasteiger partial charge in [0.25, 0.3) is 0 Å². The third-order valence-electron chi connectivity index (χ3n) is 6.37. The van der Waals surface area contributed by atoms with Crippen LogP contribution in [0.2, 0.25) is 0 Å². The van der Waals surface area contributed by atoms with E-state index >= 15 is 0 Å². The van der Waals surface area contributed by atoms with Crippen molar-refractivity contribution in [1.29, 1.82) is 0 Å². The minimum absolute atomic E-state index is 0.0476. The molecule has 0 amide bonds. The maximum absolute atomic E-state index is 10.6. The first-order chi connectivity index (χ1) is 12.1. The highest BCUT2D eigenvalue weighted by molar-refractivity contribution is 5.66. The lowest BCUT2D eigenvalue weighted by atomic mass is 9.57. The van der Waals surface area contributed by atoms with Gasteiger partial charge in [-0.15, -0.1) is 0 Å². The molecule has 0 bridgehead atoms. The molecular weight excluding hydrogens is 316 g/mol. The van der Waals surface area contributed by atoms with E-state index in [1.54, 1.807) is 0 Å². The van der Waals surface area contributed by atoms with Crippen molar-refractivity contribution in [2.45, 2.75) is 76.4 Å². The van der Waals surface area contributed by atoms with Gasteiger partial charge >= 0.3 is 5.97 Å². The van der Waals surface area contributed by atoms with Gasteiger partial charge in [-0.2, -0.15) is 0 Å². The Hall–Kier alpha value is -1.31. The van der Waals surface area contributed by atoms with Crippen LogP contribution in [0.15, 0.2) is 11.6 Å². The summed E-state index contributed by atoms with van der Waals surface area (Å²) in [5.41, 5.74) is 1.35. The van der Waals surface area contributed by atoms with E-state index in [0.29, 0.717) is 24.2 Å². The van der Waals surface area contributed by atoms with Crippen molar-refractivity contribution in [3.05, 3.63) is 11.6 Å². The summed E-state index contributed by atoms with van der Waals surface area (Å²) in [5.74, 6) is 6.59. The molecule has 0 spiro atoms. The highest BCUT2D eigenvalue weighted by Crippen LogP contribution is 2.51. The fraction of sp³-hybridized carbons (Fsp3) is 0.762. The molecule has 4 nitrogen and oxygen atoms in total. The first kappa shape index (κ1) is 18.5. The average molecular weight is 346 g/mol. The van der Waals surface area contributed by atoms with Crippen molar-refractivity contribution >= 4 is 5.97 Å². The van der Waals surface area contributed by atoms with Gasteiger partial charge in [-0.3, -0.25) is 4.79 Å². The second-order valence-electron chi connectivity index (χ2n) is 7.99. The Labute approximate surface area is 150 Å². The highest BCUT2D eigenvalue weighted by Gasteiger charge is 2.46.